The van der Waals surface area contributed by atoms with Crippen LogP contribution in [0.15, 0.2) is 30.5 Å². The highest BCUT2D eigenvalue weighted by Gasteiger charge is 2.73. The van der Waals surface area contributed by atoms with Crippen molar-refractivity contribution < 1.29 is 4.79 Å². The number of nitrogens with one attached hydrogen (secondary N) is 1. The molecule has 1 N–H and O–H groups in total. The van der Waals surface area contributed by atoms with Gasteiger partial charge >= 0.3 is 0 Å². The number of anilines is 1. The van der Waals surface area contributed by atoms with Crippen molar-refractivity contribution >= 4 is 22.5 Å². The SMILES string of the molecule is CN1CCC(NC(=O)C23CN(c4ccc(C#N)c5ncccc45)CC2(C)C3)CC1. The molecule has 1 aromatic carbocycles. The predicted molar refractivity (Wildman–Crippen MR) is 112 cm³/mol. The summed E-state index contributed by atoms with van der Waals surface area (Å²) in [4.78, 5) is 22.4. The minimum Gasteiger partial charge on any atom is -0.369 e. The Balaban J connectivity index is 1.39. The van der Waals surface area contributed by atoms with Crippen LogP contribution < -0.4 is 10.2 Å². The zero-order valence-corrected chi connectivity index (χ0v) is 17.1. The summed E-state index contributed by atoms with van der Waals surface area (Å²) >= 11 is 0. The summed E-state index contributed by atoms with van der Waals surface area (Å²) < 4.78 is 0. The molecule has 0 radical (unpaired) electrons. The highest BCUT2D eigenvalue weighted by atomic mass is 16.2. The van der Waals surface area contributed by atoms with E-state index in [9.17, 15) is 10.1 Å². The second kappa shape index (κ2) is 6.43. The lowest BCUT2D eigenvalue weighted by molar-refractivity contribution is -0.127. The van der Waals surface area contributed by atoms with Crippen LogP contribution in [0.1, 0.15) is 31.7 Å². The number of aromatic nitrogens is 1. The van der Waals surface area contributed by atoms with Gasteiger partial charge in [-0.1, -0.05) is 6.92 Å². The van der Waals surface area contributed by atoms with Crippen molar-refractivity contribution in [2.24, 2.45) is 10.8 Å². The van der Waals surface area contributed by atoms with Gasteiger partial charge in [0.15, 0.2) is 0 Å². The number of nitriles is 1. The molecule has 3 aliphatic rings. The van der Waals surface area contributed by atoms with Gasteiger partial charge in [-0.15, -0.1) is 0 Å². The molecule has 3 heterocycles. The lowest BCUT2D eigenvalue weighted by Gasteiger charge is -2.31. The molecule has 0 spiro atoms. The number of carbonyl (C=O) groups excluding carboxylic acids is 1. The molecule has 150 valence electrons. The average molecular weight is 390 g/mol. The van der Waals surface area contributed by atoms with Crippen molar-refractivity contribution in [2.75, 3.05) is 38.1 Å². The number of pyridine rings is 1. The van der Waals surface area contributed by atoms with Crippen LogP contribution in [0.2, 0.25) is 0 Å². The summed E-state index contributed by atoms with van der Waals surface area (Å²) in [5.74, 6) is 0.230. The second-order valence-electron chi connectivity index (χ2n) is 9.37. The van der Waals surface area contributed by atoms with Crippen LogP contribution in [0, 0.1) is 22.2 Å². The van der Waals surface area contributed by atoms with Gasteiger partial charge in [-0.25, -0.2) is 0 Å². The highest BCUT2D eigenvalue weighted by Crippen LogP contribution is 2.68. The molecule has 2 atom stereocenters. The van der Waals surface area contributed by atoms with E-state index < -0.39 is 0 Å². The number of likely N-dealkylation sites (tertiary alicyclic amines) is 1. The lowest BCUT2D eigenvalue weighted by atomic mass is 9.96. The fraction of sp³-hybridized carbons (Fsp3) is 0.522. The molecule has 2 aromatic rings. The van der Waals surface area contributed by atoms with Crippen LogP contribution in [0.5, 0.6) is 0 Å². The number of carbonyl (C=O) groups is 1. The van der Waals surface area contributed by atoms with E-state index in [1.807, 2.05) is 24.3 Å². The van der Waals surface area contributed by atoms with Crippen molar-refractivity contribution in [2.45, 2.75) is 32.2 Å². The lowest BCUT2D eigenvalue weighted by Crippen LogP contribution is -2.47. The molecule has 6 nitrogen and oxygen atoms in total. The van der Waals surface area contributed by atoms with E-state index in [-0.39, 0.29) is 16.7 Å². The third-order valence-electron chi connectivity index (χ3n) is 7.42. The zero-order valence-electron chi connectivity index (χ0n) is 17.1. The van der Waals surface area contributed by atoms with Crippen molar-refractivity contribution in [3.8, 4) is 6.07 Å². The van der Waals surface area contributed by atoms with Crippen LogP contribution >= 0.6 is 0 Å². The number of hydrogen-bond donors (Lipinski definition) is 1. The summed E-state index contributed by atoms with van der Waals surface area (Å²) in [5.41, 5.74) is 2.13. The molecular weight excluding hydrogens is 362 g/mol. The van der Waals surface area contributed by atoms with E-state index in [1.54, 1.807) is 6.20 Å². The Bertz CT molecular complexity index is 1020. The standard InChI is InChI=1S/C23H27N5O/c1-22-13-23(22,21(29)26-17-7-10-27(2)11-8-17)15-28(14-22)19-6-5-16(12-24)20-18(19)4-3-9-25-20/h3-6,9,17H,7-8,10-11,13-15H2,1-2H3,(H,26,29). The number of hydrogen-bond acceptors (Lipinski definition) is 5. The Morgan fingerprint density at radius 3 is 2.83 bits per heavy atom. The number of fused-ring (bicyclic) bond motifs is 2. The van der Waals surface area contributed by atoms with Crippen LogP contribution in [0.4, 0.5) is 5.69 Å². The van der Waals surface area contributed by atoms with Crippen LogP contribution in [0.3, 0.4) is 0 Å². The first-order valence-electron chi connectivity index (χ1n) is 10.5. The van der Waals surface area contributed by atoms with Gasteiger partial charge in [0.25, 0.3) is 0 Å². The van der Waals surface area contributed by atoms with Crippen molar-refractivity contribution in [3.05, 3.63) is 36.0 Å². The third-order valence-corrected chi connectivity index (χ3v) is 7.42. The van der Waals surface area contributed by atoms with E-state index in [2.05, 4.69) is 40.1 Å². The first kappa shape index (κ1) is 18.4. The van der Waals surface area contributed by atoms with E-state index >= 15 is 0 Å². The molecule has 1 amide bonds. The number of amides is 1. The molecule has 29 heavy (non-hydrogen) atoms. The largest absolute Gasteiger partial charge is 0.369 e. The van der Waals surface area contributed by atoms with E-state index in [0.29, 0.717) is 11.6 Å². The van der Waals surface area contributed by atoms with Crippen molar-refractivity contribution in [3.63, 3.8) is 0 Å². The van der Waals surface area contributed by atoms with Crippen LogP contribution in [-0.4, -0.2) is 55.1 Å². The highest BCUT2D eigenvalue weighted by molar-refractivity contribution is 5.97. The normalized spacial score (nSPS) is 29.5. The Morgan fingerprint density at radius 1 is 1.28 bits per heavy atom. The number of nitrogens with zero attached hydrogens (tertiary/aromatic N) is 4. The van der Waals surface area contributed by atoms with Gasteiger partial charge in [-0.2, -0.15) is 5.26 Å². The Labute approximate surface area is 171 Å². The molecule has 6 heteroatoms. The first-order valence-corrected chi connectivity index (χ1v) is 10.5. The maximum absolute atomic E-state index is 13.3. The molecule has 1 saturated carbocycles. The predicted octanol–water partition coefficient (Wildman–Crippen LogP) is 2.53. The van der Waals surface area contributed by atoms with E-state index in [4.69, 9.17) is 0 Å². The maximum atomic E-state index is 13.3. The smallest absolute Gasteiger partial charge is 0.228 e. The summed E-state index contributed by atoms with van der Waals surface area (Å²) in [7, 11) is 2.14. The average Bonchev–Trinajstić information content (AvgIpc) is 3.21. The second-order valence-corrected chi connectivity index (χ2v) is 9.37. The number of piperidine rings is 2. The van der Waals surface area contributed by atoms with Crippen molar-refractivity contribution in [1.29, 1.82) is 5.26 Å². The maximum Gasteiger partial charge on any atom is 0.228 e. The van der Waals surface area contributed by atoms with Gasteiger partial charge in [0.1, 0.15) is 6.07 Å². The summed E-state index contributed by atoms with van der Waals surface area (Å²) in [6, 6.07) is 10.3. The van der Waals surface area contributed by atoms with Crippen molar-refractivity contribution in [1.82, 2.24) is 15.2 Å². The summed E-state index contributed by atoms with van der Waals surface area (Å²) in [6.45, 7) is 5.93. The molecular formula is C23H27N5O. The molecule has 1 aromatic heterocycles. The zero-order chi connectivity index (χ0) is 20.2. The van der Waals surface area contributed by atoms with Gasteiger partial charge in [0.2, 0.25) is 5.91 Å². The monoisotopic (exact) mass is 389 g/mol. The molecule has 5 rings (SSSR count). The molecule has 2 saturated heterocycles. The minimum absolute atomic E-state index is 0.0188. The van der Waals surface area contributed by atoms with Crippen LogP contribution in [-0.2, 0) is 4.79 Å². The molecule has 2 unspecified atom stereocenters. The third kappa shape index (κ3) is 2.79. The Morgan fingerprint density at radius 2 is 2.07 bits per heavy atom. The van der Waals surface area contributed by atoms with Gasteiger partial charge in [-0.05, 0) is 63.7 Å². The molecule has 0 bridgehead atoms. The molecule has 3 fully saturated rings. The summed E-state index contributed by atoms with van der Waals surface area (Å²) in [6.07, 6.45) is 4.75. The number of rotatable bonds is 3. The minimum atomic E-state index is -0.293. The quantitative estimate of drug-likeness (QED) is 0.873. The van der Waals surface area contributed by atoms with E-state index in [1.165, 1.54) is 0 Å². The van der Waals surface area contributed by atoms with Crippen LogP contribution in [0.25, 0.3) is 10.9 Å². The van der Waals surface area contributed by atoms with Gasteiger partial charge in [-0.3, -0.25) is 9.78 Å². The van der Waals surface area contributed by atoms with Gasteiger partial charge < -0.3 is 15.1 Å². The Hall–Kier alpha value is -2.65. The number of benzene rings is 1. The van der Waals surface area contributed by atoms with Gasteiger partial charge in [0, 0.05) is 41.8 Å². The Kier molecular flexibility index (Phi) is 4.08. The van der Waals surface area contributed by atoms with E-state index in [0.717, 1.165) is 62.0 Å². The fourth-order valence-corrected chi connectivity index (χ4v) is 5.48. The fourth-order valence-electron chi connectivity index (χ4n) is 5.48. The topological polar surface area (TPSA) is 72.3 Å². The summed E-state index contributed by atoms with van der Waals surface area (Å²) in [5, 5.41) is 13.8. The first-order chi connectivity index (χ1) is 14.0. The molecule has 1 aliphatic carbocycles. The molecule has 2 aliphatic heterocycles. The van der Waals surface area contributed by atoms with Gasteiger partial charge in [0.05, 0.1) is 16.5 Å².